The van der Waals surface area contributed by atoms with E-state index in [1.54, 1.807) is 18.7 Å². The maximum atomic E-state index is 12.7. The van der Waals surface area contributed by atoms with Crippen molar-refractivity contribution in [3.05, 3.63) is 52.9 Å². The lowest BCUT2D eigenvalue weighted by molar-refractivity contribution is -0.139. The Balaban J connectivity index is 2.12. The van der Waals surface area contributed by atoms with Gasteiger partial charge in [0.2, 0.25) is 0 Å². The first-order valence-electron chi connectivity index (χ1n) is 8.58. The first-order valence-corrected chi connectivity index (χ1v) is 9.81. The second kappa shape index (κ2) is 7.48. The summed E-state index contributed by atoms with van der Waals surface area (Å²) in [5.74, 6) is -0.797. The van der Waals surface area contributed by atoms with Gasteiger partial charge in [-0.2, -0.15) is 0 Å². The number of fused-ring (bicyclic) bond motifs is 1. The Labute approximate surface area is 152 Å². The molecular weight excluding hydrogens is 334 g/mol. The molecule has 0 radical (unpaired) electrons. The topological polar surface area (TPSA) is 55.4 Å². The average molecular weight is 357 g/mol. The van der Waals surface area contributed by atoms with Gasteiger partial charge in [0, 0.05) is 28.6 Å². The number of hydrogen-bond donors (Lipinski definition) is 1. The van der Waals surface area contributed by atoms with Gasteiger partial charge >= 0.3 is 5.97 Å². The molecule has 0 amide bonds. The van der Waals surface area contributed by atoms with Crippen molar-refractivity contribution in [3.8, 4) is 0 Å². The van der Waals surface area contributed by atoms with Crippen molar-refractivity contribution in [2.45, 2.75) is 37.5 Å². The summed E-state index contributed by atoms with van der Waals surface area (Å²) < 4.78 is 5.29. The number of allylic oxidation sites excluding steroid dienone is 3. The number of carbonyl (C=O) groups is 2. The molecule has 1 aliphatic carbocycles. The summed E-state index contributed by atoms with van der Waals surface area (Å²) in [5, 5.41) is 3.28. The Morgan fingerprint density at radius 3 is 2.64 bits per heavy atom. The maximum Gasteiger partial charge on any atom is 0.336 e. The van der Waals surface area contributed by atoms with Crippen LogP contribution in [0.5, 0.6) is 0 Å². The molecule has 0 aromatic heterocycles. The van der Waals surface area contributed by atoms with E-state index >= 15 is 0 Å². The molecule has 25 heavy (non-hydrogen) atoms. The molecule has 2 unspecified atom stereocenters. The fourth-order valence-electron chi connectivity index (χ4n) is 3.66. The molecule has 2 aliphatic rings. The minimum atomic E-state index is -0.344. The van der Waals surface area contributed by atoms with Crippen LogP contribution in [0.4, 0.5) is 0 Å². The van der Waals surface area contributed by atoms with E-state index in [4.69, 9.17) is 4.74 Å². The fourth-order valence-corrected chi connectivity index (χ4v) is 4.07. The molecule has 1 aromatic rings. The second-order valence-electron chi connectivity index (χ2n) is 6.28. The van der Waals surface area contributed by atoms with Gasteiger partial charge < -0.3 is 10.1 Å². The van der Waals surface area contributed by atoms with E-state index in [0.717, 1.165) is 28.3 Å². The van der Waals surface area contributed by atoms with Crippen LogP contribution in [0.2, 0.25) is 0 Å². The lowest BCUT2D eigenvalue weighted by Crippen LogP contribution is -2.40. The maximum absolute atomic E-state index is 12.7. The molecule has 0 saturated carbocycles. The van der Waals surface area contributed by atoms with Crippen LogP contribution >= 0.6 is 11.8 Å². The van der Waals surface area contributed by atoms with Crippen LogP contribution in [-0.2, 0) is 14.3 Å². The van der Waals surface area contributed by atoms with E-state index in [2.05, 4.69) is 11.4 Å². The molecule has 2 atom stereocenters. The standard InChI is InChI=1S/C20H23NO3S/c1-4-24-20(23)17-12(2)21-15-6-5-7-16(22)19(15)18(17)13-8-10-14(25-3)11-9-13/h6,8-11,18-19,21H,4-5,7H2,1-3H3. The predicted molar refractivity (Wildman–Crippen MR) is 99.2 cm³/mol. The van der Waals surface area contributed by atoms with E-state index in [9.17, 15) is 9.59 Å². The van der Waals surface area contributed by atoms with Gasteiger partial charge in [-0.15, -0.1) is 11.8 Å². The Morgan fingerprint density at radius 2 is 2.00 bits per heavy atom. The van der Waals surface area contributed by atoms with Crippen molar-refractivity contribution in [2.24, 2.45) is 5.92 Å². The number of ketones is 1. The van der Waals surface area contributed by atoms with Gasteiger partial charge in [0.05, 0.1) is 18.1 Å². The highest BCUT2D eigenvalue weighted by Gasteiger charge is 2.43. The second-order valence-corrected chi connectivity index (χ2v) is 7.16. The Morgan fingerprint density at radius 1 is 1.28 bits per heavy atom. The van der Waals surface area contributed by atoms with Crippen LogP contribution in [0.15, 0.2) is 52.2 Å². The molecule has 5 heteroatoms. The quantitative estimate of drug-likeness (QED) is 0.656. The third-order valence-electron chi connectivity index (χ3n) is 4.79. The van der Waals surface area contributed by atoms with Crippen molar-refractivity contribution >= 4 is 23.5 Å². The van der Waals surface area contributed by atoms with Crippen LogP contribution in [0.25, 0.3) is 0 Å². The first kappa shape index (κ1) is 17.8. The summed E-state index contributed by atoms with van der Waals surface area (Å²) in [6, 6.07) is 8.12. The summed E-state index contributed by atoms with van der Waals surface area (Å²) in [6.07, 6.45) is 5.38. The highest BCUT2D eigenvalue weighted by atomic mass is 32.2. The first-order chi connectivity index (χ1) is 12.1. The van der Waals surface area contributed by atoms with Gasteiger partial charge in [-0.1, -0.05) is 18.2 Å². The molecule has 0 fully saturated rings. The van der Waals surface area contributed by atoms with Crippen molar-refractivity contribution in [2.75, 3.05) is 12.9 Å². The van der Waals surface area contributed by atoms with Gasteiger partial charge in [-0.3, -0.25) is 4.79 Å². The zero-order valence-corrected chi connectivity index (χ0v) is 15.6. The van der Waals surface area contributed by atoms with Crippen LogP contribution in [0.3, 0.4) is 0 Å². The molecule has 0 saturated heterocycles. The smallest absolute Gasteiger partial charge is 0.336 e. The Bertz CT molecular complexity index is 749. The normalized spacial score (nSPS) is 22.8. The summed E-state index contributed by atoms with van der Waals surface area (Å²) >= 11 is 1.67. The van der Waals surface area contributed by atoms with E-state index < -0.39 is 0 Å². The lowest BCUT2D eigenvalue weighted by atomic mass is 9.71. The van der Waals surface area contributed by atoms with E-state index in [0.29, 0.717) is 18.6 Å². The number of Topliss-reactive ketones (excluding diaryl/α,β-unsaturated/α-hetero) is 1. The van der Waals surface area contributed by atoms with Crippen molar-refractivity contribution in [1.82, 2.24) is 5.32 Å². The highest BCUT2D eigenvalue weighted by Crippen LogP contribution is 2.44. The van der Waals surface area contributed by atoms with Crippen molar-refractivity contribution in [1.29, 1.82) is 0 Å². The SMILES string of the molecule is CCOC(=O)C1=C(C)NC2=CCCC(=O)C2C1c1ccc(SC)cc1. The fraction of sp³-hybridized carbons (Fsp3) is 0.400. The molecule has 1 N–H and O–H groups in total. The summed E-state index contributed by atoms with van der Waals surface area (Å²) in [7, 11) is 0. The molecule has 1 aromatic carbocycles. The Kier molecular flexibility index (Phi) is 5.33. The van der Waals surface area contributed by atoms with Crippen LogP contribution in [-0.4, -0.2) is 24.6 Å². The number of ether oxygens (including phenoxy) is 1. The van der Waals surface area contributed by atoms with Gasteiger partial charge in [0.15, 0.2) is 0 Å². The molecule has 0 bridgehead atoms. The van der Waals surface area contributed by atoms with E-state index in [1.807, 2.05) is 37.4 Å². The third kappa shape index (κ3) is 3.38. The molecule has 1 aliphatic heterocycles. The summed E-state index contributed by atoms with van der Waals surface area (Å²) in [6.45, 7) is 3.99. The third-order valence-corrected chi connectivity index (χ3v) is 5.53. The van der Waals surface area contributed by atoms with Crippen LogP contribution < -0.4 is 5.32 Å². The molecule has 1 heterocycles. The summed E-state index contributed by atoms with van der Waals surface area (Å²) in [4.78, 5) is 26.5. The number of benzene rings is 1. The average Bonchev–Trinajstić information content (AvgIpc) is 2.61. The highest BCUT2D eigenvalue weighted by molar-refractivity contribution is 7.98. The number of thioether (sulfide) groups is 1. The summed E-state index contributed by atoms with van der Waals surface area (Å²) in [5.41, 5.74) is 3.24. The number of rotatable bonds is 4. The van der Waals surface area contributed by atoms with Crippen LogP contribution in [0, 0.1) is 5.92 Å². The van der Waals surface area contributed by atoms with Gasteiger partial charge in [0.1, 0.15) is 5.78 Å². The molecule has 4 nitrogen and oxygen atoms in total. The van der Waals surface area contributed by atoms with Crippen LogP contribution in [0.1, 0.15) is 38.2 Å². The van der Waals surface area contributed by atoms with Gasteiger partial charge in [-0.25, -0.2) is 4.79 Å². The Hall–Kier alpha value is -2.01. The molecule has 0 spiro atoms. The van der Waals surface area contributed by atoms with E-state index in [1.165, 1.54) is 0 Å². The van der Waals surface area contributed by atoms with Crippen molar-refractivity contribution < 1.29 is 14.3 Å². The largest absolute Gasteiger partial charge is 0.463 e. The molecular formula is C20H23NO3S. The van der Waals surface area contributed by atoms with Gasteiger partial charge in [0.25, 0.3) is 0 Å². The van der Waals surface area contributed by atoms with Crippen molar-refractivity contribution in [3.63, 3.8) is 0 Å². The minimum absolute atomic E-state index is 0.179. The lowest BCUT2D eigenvalue weighted by Gasteiger charge is -2.38. The zero-order valence-electron chi connectivity index (χ0n) is 14.8. The number of carbonyl (C=O) groups excluding carboxylic acids is 2. The molecule has 132 valence electrons. The monoisotopic (exact) mass is 357 g/mol. The zero-order chi connectivity index (χ0) is 18.0. The van der Waals surface area contributed by atoms with Gasteiger partial charge in [-0.05, 0) is 44.2 Å². The van der Waals surface area contributed by atoms with E-state index in [-0.39, 0.29) is 23.6 Å². The minimum Gasteiger partial charge on any atom is -0.463 e. The number of nitrogens with one attached hydrogen (secondary N) is 1. The predicted octanol–water partition coefficient (Wildman–Crippen LogP) is 3.80. The number of esters is 1. The molecule has 3 rings (SSSR count). The number of hydrogen-bond acceptors (Lipinski definition) is 5.